The summed E-state index contributed by atoms with van der Waals surface area (Å²) in [6, 6.07) is 11.5. The Balaban J connectivity index is 2.30. The van der Waals surface area contributed by atoms with Gasteiger partial charge in [-0.25, -0.2) is 4.39 Å². The zero-order valence-electron chi connectivity index (χ0n) is 10.7. The molecule has 2 aromatic rings. The predicted molar refractivity (Wildman–Crippen MR) is 74.6 cm³/mol. The van der Waals surface area contributed by atoms with Gasteiger partial charge in [0.15, 0.2) is 0 Å². The van der Waals surface area contributed by atoms with Crippen LogP contribution in [0.15, 0.2) is 36.4 Å². The second kappa shape index (κ2) is 5.72. The highest BCUT2D eigenvalue weighted by atomic mass is 19.1. The summed E-state index contributed by atoms with van der Waals surface area (Å²) >= 11 is 0. The van der Waals surface area contributed by atoms with Gasteiger partial charge in [0.1, 0.15) is 18.0 Å². The Hall–Kier alpha value is -3.38. The van der Waals surface area contributed by atoms with Crippen LogP contribution in [0.2, 0.25) is 0 Å². The fourth-order valence-electron chi connectivity index (χ4n) is 1.74. The van der Waals surface area contributed by atoms with E-state index in [1.807, 2.05) is 12.1 Å². The number of benzene rings is 2. The molecule has 0 aromatic heterocycles. The second-order valence-corrected chi connectivity index (χ2v) is 4.17. The van der Waals surface area contributed by atoms with Crippen LogP contribution >= 0.6 is 0 Å². The number of carbonyl (C=O) groups excluding carboxylic acids is 1. The number of nitriles is 2. The Labute approximate surface area is 120 Å². The Morgan fingerprint density at radius 3 is 2.48 bits per heavy atom. The lowest BCUT2D eigenvalue weighted by atomic mass is 10.1. The van der Waals surface area contributed by atoms with E-state index < -0.39 is 11.7 Å². The van der Waals surface area contributed by atoms with E-state index in [0.717, 1.165) is 12.1 Å². The average Bonchev–Trinajstić information content (AvgIpc) is 2.49. The molecule has 2 rings (SSSR count). The smallest absolute Gasteiger partial charge is 0.257 e. The number of carbonyl (C=O) groups is 1. The third-order valence-electron chi connectivity index (χ3n) is 2.78. The molecule has 0 aliphatic carbocycles. The number of nitrogens with one attached hydrogen (secondary N) is 1. The van der Waals surface area contributed by atoms with Gasteiger partial charge >= 0.3 is 0 Å². The number of halogens is 1. The molecule has 102 valence electrons. The van der Waals surface area contributed by atoms with Gasteiger partial charge in [-0.1, -0.05) is 0 Å². The van der Waals surface area contributed by atoms with Crippen molar-refractivity contribution in [3.8, 4) is 12.1 Å². The number of amides is 1. The molecule has 2 aromatic carbocycles. The van der Waals surface area contributed by atoms with E-state index in [1.54, 1.807) is 0 Å². The van der Waals surface area contributed by atoms with Gasteiger partial charge in [0.25, 0.3) is 5.91 Å². The molecular weight excluding hydrogens is 271 g/mol. The number of rotatable bonds is 2. The van der Waals surface area contributed by atoms with Crippen LogP contribution in [0, 0.1) is 28.5 Å². The van der Waals surface area contributed by atoms with E-state index in [0.29, 0.717) is 5.69 Å². The Morgan fingerprint density at radius 1 is 1.10 bits per heavy atom. The number of hydrogen-bond donors (Lipinski definition) is 2. The van der Waals surface area contributed by atoms with Crippen molar-refractivity contribution in [1.29, 1.82) is 10.5 Å². The van der Waals surface area contributed by atoms with E-state index in [-0.39, 0.29) is 22.4 Å². The third kappa shape index (κ3) is 2.96. The van der Waals surface area contributed by atoms with Crippen molar-refractivity contribution in [1.82, 2.24) is 0 Å². The highest BCUT2D eigenvalue weighted by Gasteiger charge is 2.12. The highest BCUT2D eigenvalue weighted by molar-refractivity contribution is 6.07. The minimum atomic E-state index is -0.597. The zero-order chi connectivity index (χ0) is 15.4. The molecule has 0 spiro atoms. The van der Waals surface area contributed by atoms with Gasteiger partial charge in [-0.15, -0.1) is 0 Å². The van der Waals surface area contributed by atoms with Crippen LogP contribution in [0.3, 0.4) is 0 Å². The first-order valence-corrected chi connectivity index (χ1v) is 5.86. The lowest BCUT2D eigenvalue weighted by Crippen LogP contribution is -2.14. The first kappa shape index (κ1) is 14.0. The minimum Gasteiger partial charge on any atom is -0.398 e. The predicted octanol–water partition coefficient (Wildman–Crippen LogP) is 2.40. The Bertz CT molecular complexity index is 802. The van der Waals surface area contributed by atoms with Crippen molar-refractivity contribution < 1.29 is 9.18 Å². The molecule has 0 radical (unpaired) electrons. The highest BCUT2D eigenvalue weighted by Crippen LogP contribution is 2.18. The largest absolute Gasteiger partial charge is 0.398 e. The number of nitrogen functional groups attached to an aromatic ring is 1. The standard InChI is InChI=1S/C15H9FN4O/c16-11-2-4-14(19)13(6-11)15(21)20-12-3-1-9(7-17)10(5-12)8-18/h1-6H,19H2,(H,20,21). The summed E-state index contributed by atoms with van der Waals surface area (Å²) in [6.07, 6.45) is 0. The first-order valence-electron chi connectivity index (χ1n) is 5.86. The third-order valence-corrected chi connectivity index (χ3v) is 2.78. The molecule has 21 heavy (non-hydrogen) atoms. The van der Waals surface area contributed by atoms with Crippen LogP contribution < -0.4 is 11.1 Å². The van der Waals surface area contributed by atoms with Gasteiger partial charge in [-0.2, -0.15) is 10.5 Å². The lowest BCUT2D eigenvalue weighted by Gasteiger charge is -2.08. The number of anilines is 2. The van der Waals surface area contributed by atoms with Crippen molar-refractivity contribution in [2.45, 2.75) is 0 Å². The van der Waals surface area contributed by atoms with Gasteiger partial charge in [-0.3, -0.25) is 4.79 Å². The molecule has 6 heteroatoms. The van der Waals surface area contributed by atoms with Crippen LogP contribution in [-0.4, -0.2) is 5.91 Å². The summed E-state index contributed by atoms with van der Waals surface area (Å²) < 4.78 is 13.1. The minimum absolute atomic E-state index is 0.00197. The monoisotopic (exact) mass is 280 g/mol. The molecule has 0 unspecified atom stereocenters. The van der Waals surface area contributed by atoms with E-state index in [4.69, 9.17) is 16.3 Å². The van der Waals surface area contributed by atoms with E-state index >= 15 is 0 Å². The summed E-state index contributed by atoms with van der Waals surface area (Å²) in [5, 5.41) is 20.2. The fourth-order valence-corrected chi connectivity index (χ4v) is 1.74. The van der Waals surface area contributed by atoms with Crippen LogP contribution in [-0.2, 0) is 0 Å². The molecule has 0 saturated carbocycles. The summed E-state index contributed by atoms with van der Waals surface area (Å²) in [5.74, 6) is -1.17. The molecule has 0 saturated heterocycles. The van der Waals surface area contributed by atoms with Gasteiger partial charge in [0, 0.05) is 11.4 Å². The summed E-state index contributed by atoms with van der Waals surface area (Å²) in [7, 11) is 0. The number of nitrogens with two attached hydrogens (primary N) is 1. The average molecular weight is 280 g/mol. The van der Waals surface area contributed by atoms with Gasteiger partial charge in [0.05, 0.1) is 16.7 Å². The molecule has 0 atom stereocenters. The van der Waals surface area contributed by atoms with Crippen molar-refractivity contribution in [2.75, 3.05) is 11.1 Å². The summed E-state index contributed by atoms with van der Waals surface area (Å²) in [5.41, 5.74) is 6.43. The summed E-state index contributed by atoms with van der Waals surface area (Å²) in [4.78, 5) is 12.0. The second-order valence-electron chi connectivity index (χ2n) is 4.17. The van der Waals surface area contributed by atoms with Gasteiger partial charge < -0.3 is 11.1 Å². The summed E-state index contributed by atoms with van der Waals surface area (Å²) in [6.45, 7) is 0. The Morgan fingerprint density at radius 2 is 1.81 bits per heavy atom. The van der Waals surface area contributed by atoms with Crippen molar-refractivity contribution >= 4 is 17.3 Å². The molecule has 1 amide bonds. The topological polar surface area (TPSA) is 103 Å². The first-order chi connectivity index (χ1) is 10.0. The molecule has 0 aliphatic rings. The van der Waals surface area contributed by atoms with Gasteiger partial charge in [-0.05, 0) is 36.4 Å². The van der Waals surface area contributed by atoms with Crippen LogP contribution in [0.4, 0.5) is 15.8 Å². The van der Waals surface area contributed by atoms with Crippen LogP contribution in [0.1, 0.15) is 21.5 Å². The zero-order valence-corrected chi connectivity index (χ0v) is 10.7. The maximum Gasteiger partial charge on any atom is 0.257 e. The van der Waals surface area contributed by atoms with Crippen molar-refractivity contribution in [3.63, 3.8) is 0 Å². The quantitative estimate of drug-likeness (QED) is 0.824. The molecule has 0 aliphatic heterocycles. The van der Waals surface area contributed by atoms with Crippen molar-refractivity contribution in [2.24, 2.45) is 0 Å². The van der Waals surface area contributed by atoms with Gasteiger partial charge in [0.2, 0.25) is 0 Å². The van der Waals surface area contributed by atoms with Crippen LogP contribution in [0.25, 0.3) is 0 Å². The maximum absolute atomic E-state index is 13.1. The van der Waals surface area contributed by atoms with E-state index in [2.05, 4.69) is 5.32 Å². The lowest BCUT2D eigenvalue weighted by molar-refractivity contribution is 0.102. The molecule has 5 nitrogen and oxygen atoms in total. The fraction of sp³-hybridized carbons (Fsp3) is 0. The normalized spacial score (nSPS) is 9.48. The molecule has 0 heterocycles. The number of nitrogens with zero attached hydrogens (tertiary/aromatic N) is 2. The maximum atomic E-state index is 13.1. The van der Waals surface area contributed by atoms with Crippen molar-refractivity contribution in [3.05, 3.63) is 58.9 Å². The molecule has 0 fully saturated rings. The molecule has 0 bridgehead atoms. The number of hydrogen-bond acceptors (Lipinski definition) is 4. The molecular formula is C15H9FN4O. The SMILES string of the molecule is N#Cc1ccc(NC(=O)c2cc(F)ccc2N)cc1C#N. The van der Waals surface area contributed by atoms with E-state index in [9.17, 15) is 9.18 Å². The van der Waals surface area contributed by atoms with Crippen LogP contribution in [0.5, 0.6) is 0 Å². The van der Waals surface area contributed by atoms with E-state index in [1.165, 1.54) is 24.3 Å². The molecule has 3 N–H and O–H groups in total. The Kier molecular flexibility index (Phi) is 3.83.